The lowest BCUT2D eigenvalue weighted by molar-refractivity contribution is -0.115. The molecule has 2 heterocycles. The van der Waals surface area contributed by atoms with Crippen molar-refractivity contribution in [2.24, 2.45) is 0 Å². The number of fused-ring (bicyclic) bond motifs is 1. The molecule has 3 aromatic rings. The minimum absolute atomic E-state index is 0.130. The van der Waals surface area contributed by atoms with Crippen molar-refractivity contribution in [3.05, 3.63) is 28.7 Å². The molecule has 1 amide bonds. The average Bonchev–Trinajstić information content (AvgIpc) is 3.14. The van der Waals surface area contributed by atoms with Crippen molar-refractivity contribution in [3.8, 4) is 0 Å². The van der Waals surface area contributed by atoms with Gasteiger partial charge in [0, 0.05) is 11.7 Å². The van der Waals surface area contributed by atoms with E-state index < -0.39 is 0 Å². The highest BCUT2D eigenvalue weighted by molar-refractivity contribution is 8.02. The molecule has 8 nitrogen and oxygen atoms in total. The van der Waals surface area contributed by atoms with E-state index in [-0.39, 0.29) is 16.8 Å². The van der Waals surface area contributed by atoms with E-state index >= 15 is 0 Å². The zero-order valence-corrected chi connectivity index (χ0v) is 15.0. The zero-order valence-electron chi connectivity index (χ0n) is 13.3. The van der Waals surface area contributed by atoms with Gasteiger partial charge in [-0.2, -0.15) is 0 Å². The third-order valence-electron chi connectivity index (χ3n) is 3.74. The predicted octanol–water partition coefficient (Wildman–Crippen LogP) is 2.40. The number of anilines is 2. The summed E-state index contributed by atoms with van der Waals surface area (Å²) in [6.45, 7) is 1.83. The van der Waals surface area contributed by atoms with E-state index in [1.807, 2.05) is 6.92 Å². The van der Waals surface area contributed by atoms with Crippen LogP contribution in [0.3, 0.4) is 0 Å². The van der Waals surface area contributed by atoms with Crippen LogP contribution in [0, 0.1) is 0 Å². The van der Waals surface area contributed by atoms with Crippen LogP contribution in [0.4, 0.5) is 10.8 Å². The molecule has 4 N–H and O–H groups in total. The molecule has 1 aliphatic rings. The summed E-state index contributed by atoms with van der Waals surface area (Å²) in [7, 11) is 0. The maximum absolute atomic E-state index is 12.4. The van der Waals surface area contributed by atoms with Crippen LogP contribution in [0.5, 0.6) is 0 Å². The molecule has 0 radical (unpaired) electrons. The Morgan fingerprint density at radius 1 is 1.32 bits per heavy atom. The topological polar surface area (TPSA) is 116 Å². The predicted molar refractivity (Wildman–Crippen MR) is 99.4 cm³/mol. The normalized spacial score (nSPS) is 15.2. The van der Waals surface area contributed by atoms with E-state index in [1.165, 1.54) is 35.9 Å². The fourth-order valence-electron chi connectivity index (χ4n) is 2.28. The molecule has 1 aliphatic carbocycles. The molecule has 1 atom stereocenters. The fraction of sp³-hybridized carbons (Fsp3) is 0.333. The van der Waals surface area contributed by atoms with E-state index in [9.17, 15) is 9.59 Å². The highest BCUT2D eigenvalue weighted by Gasteiger charge is 2.23. The van der Waals surface area contributed by atoms with E-state index in [2.05, 4.69) is 30.8 Å². The van der Waals surface area contributed by atoms with Gasteiger partial charge in [-0.1, -0.05) is 23.1 Å². The number of nitrogens with one attached hydrogen (secondary N) is 4. The number of carbonyl (C=O) groups excluding carboxylic acids is 1. The van der Waals surface area contributed by atoms with Crippen molar-refractivity contribution in [1.29, 1.82) is 0 Å². The lowest BCUT2D eigenvalue weighted by Gasteiger charge is -2.10. The Labute approximate surface area is 150 Å². The van der Waals surface area contributed by atoms with Gasteiger partial charge >= 0.3 is 5.69 Å². The fourth-order valence-corrected chi connectivity index (χ4v) is 4.25. The number of aromatic nitrogens is 4. The minimum Gasteiger partial charge on any atom is -0.357 e. The number of benzene rings is 1. The van der Waals surface area contributed by atoms with Crippen LogP contribution in [-0.2, 0) is 4.79 Å². The number of aromatic amines is 2. The molecular weight excluding hydrogens is 360 g/mol. The number of carbonyl (C=O) groups is 1. The van der Waals surface area contributed by atoms with Crippen molar-refractivity contribution >= 4 is 50.9 Å². The number of thioether (sulfide) groups is 1. The maximum atomic E-state index is 12.4. The molecule has 1 fully saturated rings. The molecule has 0 unspecified atom stereocenters. The van der Waals surface area contributed by atoms with Gasteiger partial charge in [0.2, 0.25) is 11.0 Å². The van der Waals surface area contributed by atoms with Crippen LogP contribution >= 0.6 is 23.1 Å². The summed E-state index contributed by atoms with van der Waals surface area (Å²) in [5.74, 6) is -0.130. The van der Waals surface area contributed by atoms with Crippen LogP contribution in [0.2, 0.25) is 0 Å². The quantitative estimate of drug-likeness (QED) is 0.491. The van der Waals surface area contributed by atoms with Gasteiger partial charge in [-0.05, 0) is 38.0 Å². The number of nitrogens with zero attached hydrogens (tertiary/aromatic N) is 2. The lowest BCUT2D eigenvalue weighted by Crippen LogP contribution is -2.22. The Kier molecular flexibility index (Phi) is 4.22. The number of H-pyrrole nitrogens is 2. The first-order valence-corrected chi connectivity index (χ1v) is 9.56. The van der Waals surface area contributed by atoms with Crippen molar-refractivity contribution in [2.75, 3.05) is 10.6 Å². The monoisotopic (exact) mass is 376 g/mol. The molecule has 130 valence electrons. The first-order chi connectivity index (χ1) is 12.1. The summed E-state index contributed by atoms with van der Waals surface area (Å²) in [6.07, 6.45) is 2.36. The molecule has 2 aromatic heterocycles. The molecule has 25 heavy (non-hydrogen) atoms. The van der Waals surface area contributed by atoms with Crippen molar-refractivity contribution in [2.45, 2.75) is 35.4 Å². The van der Waals surface area contributed by atoms with Gasteiger partial charge in [-0.3, -0.25) is 4.79 Å². The van der Waals surface area contributed by atoms with Gasteiger partial charge in [-0.15, -0.1) is 10.2 Å². The van der Waals surface area contributed by atoms with Crippen LogP contribution in [0.15, 0.2) is 27.3 Å². The smallest absolute Gasteiger partial charge is 0.323 e. The Balaban J connectivity index is 1.38. The summed E-state index contributed by atoms with van der Waals surface area (Å²) in [6, 6.07) is 5.76. The molecule has 4 rings (SSSR count). The first kappa shape index (κ1) is 16.2. The van der Waals surface area contributed by atoms with Crippen LogP contribution in [-0.4, -0.2) is 37.4 Å². The van der Waals surface area contributed by atoms with Crippen molar-refractivity contribution in [3.63, 3.8) is 0 Å². The molecule has 0 saturated heterocycles. The summed E-state index contributed by atoms with van der Waals surface area (Å²) in [4.78, 5) is 29.0. The lowest BCUT2D eigenvalue weighted by atomic mass is 10.2. The van der Waals surface area contributed by atoms with E-state index in [0.717, 1.165) is 9.47 Å². The van der Waals surface area contributed by atoms with Crippen LogP contribution < -0.4 is 16.3 Å². The summed E-state index contributed by atoms with van der Waals surface area (Å²) < 4.78 is 0.760. The Bertz CT molecular complexity index is 974. The van der Waals surface area contributed by atoms with Gasteiger partial charge in [-0.25, -0.2) is 4.79 Å². The van der Waals surface area contributed by atoms with Crippen molar-refractivity contribution < 1.29 is 4.79 Å². The molecule has 1 aromatic carbocycles. The van der Waals surface area contributed by atoms with Crippen LogP contribution in [0.25, 0.3) is 11.0 Å². The summed E-state index contributed by atoms with van der Waals surface area (Å²) >= 11 is 2.84. The average molecular weight is 376 g/mol. The van der Waals surface area contributed by atoms with Gasteiger partial charge in [0.05, 0.1) is 16.3 Å². The summed E-state index contributed by atoms with van der Waals surface area (Å²) in [5, 5.41) is 14.9. The summed E-state index contributed by atoms with van der Waals surface area (Å²) in [5.41, 5.74) is 1.72. The number of rotatable bonds is 6. The first-order valence-electron chi connectivity index (χ1n) is 7.86. The molecular formula is C15H16N6O2S2. The standard InChI is InChI=1S/C15H16N6O2S2/c1-7(24-15-21-20-14(25-15)17-8-2-3-8)12(22)16-9-4-5-10-11(6-9)19-13(23)18-10/h4-8H,2-3H2,1H3,(H,16,22)(H,17,20)(H2,18,19,23)/t7-/m1/s1. The van der Waals surface area contributed by atoms with Crippen molar-refractivity contribution in [1.82, 2.24) is 20.2 Å². The van der Waals surface area contributed by atoms with E-state index in [0.29, 0.717) is 22.8 Å². The number of amides is 1. The highest BCUT2D eigenvalue weighted by Crippen LogP contribution is 2.32. The molecule has 0 spiro atoms. The molecule has 1 saturated carbocycles. The Morgan fingerprint density at radius 3 is 2.92 bits per heavy atom. The molecule has 0 bridgehead atoms. The van der Waals surface area contributed by atoms with Gasteiger partial charge in [0.1, 0.15) is 0 Å². The molecule has 10 heteroatoms. The van der Waals surface area contributed by atoms with Gasteiger partial charge in [0.25, 0.3) is 0 Å². The SMILES string of the molecule is C[C@@H](Sc1nnc(NC2CC2)s1)C(=O)Nc1ccc2[nH]c(=O)[nH]c2c1. The Morgan fingerprint density at radius 2 is 2.12 bits per heavy atom. The minimum atomic E-state index is -0.317. The number of hydrogen-bond acceptors (Lipinski definition) is 7. The number of imidazole rings is 1. The second-order valence-corrected chi connectivity index (χ2v) is 8.45. The third kappa shape index (κ3) is 3.85. The number of hydrogen-bond donors (Lipinski definition) is 4. The second-order valence-electron chi connectivity index (χ2n) is 5.88. The highest BCUT2D eigenvalue weighted by atomic mass is 32.2. The van der Waals surface area contributed by atoms with Crippen LogP contribution in [0.1, 0.15) is 19.8 Å². The van der Waals surface area contributed by atoms with Gasteiger partial charge in [0.15, 0.2) is 4.34 Å². The molecule has 0 aliphatic heterocycles. The van der Waals surface area contributed by atoms with E-state index in [4.69, 9.17) is 0 Å². The van der Waals surface area contributed by atoms with E-state index in [1.54, 1.807) is 18.2 Å². The second kappa shape index (κ2) is 6.52. The third-order valence-corrected chi connectivity index (χ3v) is 5.78. The van der Waals surface area contributed by atoms with Gasteiger partial charge < -0.3 is 20.6 Å². The largest absolute Gasteiger partial charge is 0.357 e. The maximum Gasteiger partial charge on any atom is 0.323 e. The Hall–Kier alpha value is -2.33. The zero-order chi connectivity index (χ0) is 17.4.